The fourth-order valence-corrected chi connectivity index (χ4v) is 1.42. The molecule has 5 heteroatoms. The Bertz CT molecular complexity index is 384. The lowest BCUT2D eigenvalue weighted by Gasteiger charge is -2.13. The molecule has 0 heterocycles. The van der Waals surface area contributed by atoms with Gasteiger partial charge in [0.25, 0.3) is 0 Å². The van der Waals surface area contributed by atoms with E-state index in [1.54, 1.807) is 0 Å². The molecule has 2 nitrogen and oxygen atoms in total. The van der Waals surface area contributed by atoms with Crippen LogP contribution in [-0.4, -0.2) is 12.5 Å². The van der Waals surface area contributed by atoms with Gasteiger partial charge < -0.3 is 5.32 Å². The van der Waals surface area contributed by atoms with Gasteiger partial charge in [-0.3, -0.25) is 4.79 Å². The number of carbonyl (C=O) groups is 1. The van der Waals surface area contributed by atoms with Gasteiger partial charge in [0.2, 0.25) is 5.91 Å². The first-order valence-electron chi connectivity index (χ1n) is 5.22. The molecule has 0 unspecified atom stereocenters. The lowest BCUT2D eigenvalue weighted by atomic mass is 9.99. The molecule has 0 saturated carbocycles. The van der Waals surface area contributed by atoms with Crippen LogP contribution in [0.15, 0.2) is 24.3 Å². The summed E-state index contributed by atoms with van der Waals surface area (Å²) < 4.78 is 37.0. The fourth-order valence-electron chi connectivity index (χ4n) is 1.42. The lowest BCUT2D eigenvalue weighted by molar-refractivity contribution is -0.137. The SMILES string of the molecule is CC(=O)NC[C@H](C)c1ccc(C(F)(F)F)cc1. The van der Waals surface area contributed by atoms with Crippen molar-refractivity contribution < 1.29 is 18.0 Å². The van der Waals surface area contributed by atoms with E-state index in [0.29, 0.717) is 6.54 Å². The minimum atomic E-state index is -4.31. The van der Waals surface area contributed by atoms with Crippen molar-refractivity contribution in [2.75, 3.05) is 6.54 Å². The fraction of sp³-hybridized carbons (Fsp3) is 0.417. The van der Waals surface area contributed by atoms with Crippen LogP contribution in [0.5, 0.6) is 0 Å². The molecule has 0 bridgehead atoms. The van der Waals surface area contributed by atoms with Crippen LogP contribution in [0.3, 0.4) is 0 Å². The number of halogens is 3. The second-order valence-electron chi connectivity index (χ2n) is 3.96. The number of benzene rings is 1. The summed E-state index contributed by atoms with van der Waals surface area (Å²) in [6.07, 6.45) is -4.31. The van der Waals surface area contributed by atoms with E-state index >= 15 is 0 Å². The zero-order valence-electron chi connectivity index (χ0n) is 9.64. The lowest BCUT2D eigenvalue weighted by Crippen LogP contribution is -2.24. The van der Waals surface area contributed by atoms with Crippen molar-refractivity contribution >= 4 is 5.91 Å². The summed E-state index contributed by atoms with van der Waals surface area (Å²) in [5, 5.41) is 2.63. The van der Waals surface area contributed by atoms with Crippen molar-refractivity contribution in [3.05, 3.63) is 35.4 Å². The van der Waals surface area contributed by atoms with E-state index in [2.05, 4.69) is 5.32 Å². The highest BCUT2D eigenvalue weighted by atomic mass is 19.4. The van der Waals surface area contributed by atoms with Gasteiger partial charge in [-0.25, -0.2) is 0 Å². The zero-order valence-corrected chi connectivity index (χ0v) is 9.64. The normalized spacial score (nSPS) is 13.2. The topological polar surface area (TPSA) is 29.1 Å². The Hall–Kier alpha value is -1.52. The number of hydrogen-bond acceptors (Lipinski definition) is 1. The highest BCUT2D eigenvalue weighted by molar-refractivity contribution is 5.72. The second-order valence-corrected chi connectivity index (χ2v) is 3.96. The van der Waals surface area contributed by atoms with Crippen LogP contribution in [-0.2, 0) is 11.0 Å². The summed E-state index contributed by atoms with van der Waals surface area (Å²) in [6, 6.07) is 4.99. The Morgan fingerprint density at radius 1 is 1.29 bits per heavy atom. The smallest absolute Gasteiger partial charge is 0.356 e. The summed E-state index contributed by atoms with van der Waals surface area (Å²) in [5.74, 6) is -0.162. The molecule has 1 atom stereocenters. The number of hydrogen-bond donors (Lipinski definition) is 1. The molecular weight excluding hydrogens is 231 g/mol. The molecule has 94 valence electrons. The van der Waals surface area contributed by atoms with Gasteiger partial charge in [-0.1, -0.05) is 19.1 Å². The van der Waals surface area contributed by atoms with E-state index in [9.17, 15) is 18.0 Å². The van der Waals surface area contributed by atoms with Crippen LogP contribution < -0.4 is 5.32 Å². The van der Waals surface area contributed by atoms with E-state index in [0.717, 1.165) is 17.7 Å². The van der Waals surface area contributed by atoms with Crippen LogP contribution in [0, 0.1) is 0 Å². The minimum Gasteiger partial charge on any atom is -0.356 e. The second kappa shape index (κ2) is 5.21. The Kier molecular flexibility index (Phi) is 4.15. The van der Waals surface area contributed by atoms with E-state index < -0.39 is 11.7 Å². The van der Waals surface area contributed by atoms with Gasteiger partial charge in [0.15, 0.2) is 0 Å². The first-order chi connectivity index (χ1) is 7.80. The average molecular weight is 245 g/mol. The highest BCUT2D eigenvalue weighted by Gasteiger charge is 2.30. The maximum absolute atomic E-state index is 12.3. The Labute approximate surface area is 97.8 Å². The molecule has 1 amide bonds. The van der Waals surface area contributed by atoms with Gasteiger partial charge in [-0.05, 0) is 23.6 Å². The van der Waals surface area contributed by atoms with Crippen LogP contribution in [0.2, 0.25) is 0 Å². The number of amides is 1. The van der Waals surface area contributed by atoms with Crippen LogP contribution in [0.4, 0.5) is 13.2 Å². The molecule has 0 saturated heterocycles. The van der Waals surface area contributed by atoms with E-state index in [-0.39, 0.29) is 11.8 Å². The molecule has 0 aromatic heterocycles. The number of carbonyl (C=O) groups excluding carboxylic acids is 1. The van der Waals surface area contributed by atoms with Gasteiger partial charge in [0, 0.05) is 13.5 Å². The van der Waals surface area contributed by atoms with E-state index in [4.69, 9.17) is 0 Å². The molecule has 0 radical (unpaired) electrons. The molecule has 1 aromatic carbocycles. The third-order valence-electron chi connectivity index (χ3n) is 2.46. The Morgan fingerprint density at radius 2 is 1.82 bits per heavy atom. The largest absolute Gasteiger partial charge is 0.416 e. The van der Waals surface area contributed by atoms with Gasteiger partial charge in [-0.15, -0.1) is 0 Å². The van der Waals surface area contributed by atoms with Crippen molar-refractivity contribution in [2.45, 2.75) is 25.9 Å². The van der Waals surface area contributed by atoms with Crippen molar-refractivity contribution in [1.29, 1.82) is 0 Å². The molecule has 1 rings (SSSR count). The summed E-state index contributed by atoms with van der Waals surface area (Å²) in [6.45, 7) is 3.67. The van der Waals surface area contributed by atoms with Crippen molar-refractivity contribution in [2.24, 2.45) is 0 Å². The maximum atomic E-state index is 12.3. The molecule has 0 aliphatic rings. The predicted molar refractivity (Wildman–Crippen MR) is 58.5 cm³/mol. The quantitative estimate of drug-likeness (QED) is 0.871. The zero-order chi connectivity index (χ0) is 13.1. The van der Waals surface area contributed by atoms with Gasteiger partial charge in [-0.2, -0.15) is 13.2 Å². The van der Waals surface area contributed by atoms with Crippen molar-refractivity contribution in [3.63, 3.8) is 0 Å². The predicted octanol–water partition coefficient (Wildman–Crippen LogP) is 2.95. The van der Waals surface area contributed by atoms with Crippen molar-refractivity contribution in [3.8, 4) is 0 Å². The number of nitrogens with one attached hydrogen (secondary N) is 1. The first kappa shape index (κ1) is 13.5. The molecule has 17 heavy (non-hydrogen) atoms. The van der Waals surface area contributed by atoms with Gasteiger partial charge in [0.1, 0.15) is 0 Å². The van der Waals surface area contributed by atoms with Gasteiger partial charge in [0.05, 0.1) is 5.56 Å². The molecule has 0 aliphatic carbocycles. The highest BCUT2D eigenvalue weighted by Crippen LogP contribution is 2.30. The number of alkyl halides is 3. The third kappa shape index (κ3) is 4.09. The summed E-state index contributed by atoms with van der Waals surface area (Å²) in [5.41, 5.74) is 0.111. The molecule has 0 spiro atoms. The van der Waals surface area contributed by atoms with Crippen LogP contribution in [0.25, 0.3) is 0 Å². The molecular formula is C12H14F3NO. The van der Waals surface area contributed by atoms with Gasteiger partial charge >= 0.3 is 6.18 Å². The maximum Gasteiger partial charge on any atom is 0.416 e. The molecule has 0 fully saturated rings. The summed E-state index contributed by atoms with van der Waals surface area (Å²) in [7, 11) is 0. The molecule has 1 aromatic rings. The third-order valence-corrected chi connectivity index (χ3v) is 2.46. The van der Waals surface area contributed by atoms with E-state index in [1.807, 2.05) is 6.92 Å². The van der Waals surface area contributed by atoms with Crippen molar-refractivity contribution in [1.82, 2.24) is 5.32 Å². The standard InChI is InChI=1S/C12H14F3NO/c1-8(7-16-9(2)17)10-3-5-11(6-4-10)12(13,14)15/h3-6,8H,7H2,1-2H3,(H,16,17)/t8-/m0/s1. The molecule has 0 aliphatic heterocycles. The first-order valence-corrected chi connectivity index (χ1v) is 5.22. The van der Waals surface area contributed by atoms with E-state index in [1.165, 1.54) is 19.1 Å². The molecule has 1 N–H and O–H groups in total. The summed E-state index contributed by atoms with van der Waals surface area (Å²) >= 11 is 0. The Balaban J connectivity index is 2.70. The monoisotopic (exact) mass is 245 g/mol. The van der Waals surface area contributed by atoms with Crippen LogP contribution >= 0.6 is 0 Å². The average Bonchev–Trinajstić information content (AvgIpc) is 2.25. The summed E-state index contributed by atoms with van der Waals surface area (Å²) in [4.78, 5) is 10.7. The minimum absolute atomic E-state index is 0.0128. The number of rotatable bonds is 3. The van der Waals surface area contributed by atoms with Crippen LogP contribution in [0.1, 0.15) is 30.9 Å². The Morgan fingerprint density at radius 3 is 2.24 bits per heavy atom.